The average molecular weight is 283 g/mol. The van der Waals surface area contributed by atoms with Crippen LogP contribution in [0.3, 0.4) is 0 Å². The van der Waals surface area contributed by atoms with Crippen molar-refractivity contribution in [1.82, 2.24) is 0 Å². The highest BCUT2D eigenvalue weighted by Crippen LogP contribution is 2.37. The maximum Gasteiger partial charge on any atom is 0.123 e. The number of hydrogen-bond donors (Lipinski definition) is 0. The summed E-state index contributed by atoms with van der Waals surface area (Å²) in [4.78, 5) is 0. The summed E-state index contributed by atoms with van der Waals surface area (Å²) in [6, 6.07) is 8.99. The van der Waals surface area contributed by atoms with Gasteiger partial charge in [-0.2, -0.15) is 5.26 Å². The summed E-state index contributed by atoms with van der Waals surface area (Å²) in [5, 5.41) is 8.37. The lowest BCUT2D eigenvalue weighted by atomic mass is 9.77. The first-order valence-corrected chi connectivity index (χ1v) is 7.76. The highest BCUT2D eigenvalue weighted by Gasteiger charge is 2.21. The largest absolute Gasteiger partial charge is 0.207 e. The van der Waals surface area contributed by atoms with Crippen LogP contribution in [0.15, 0.2) is 48.6 Å². The molecule has 0 radical (unpaired) electrons. The zero-order valence-electron chi connectivity index (χ0n) is 12.3. The number of halogens is 1. The summed E-state index contributed by atoms with van der Waals surface area (Å²) in [5.74, 6) is 1.27. The van der Waals surface area contributed by atoms with Gasteiger partial charge in [-0.1, -0.05) is 30.4 Å². The molecule has 1 aromatic carbocycles. The Morgan fingerprint density at radius 1 is 1.10 bits per heavy atom. The molecule has 0 N–H and O–H groups in total. The van der Waals surface area contributed by atoms with E-state index in [2.05, 4.69) is 6.08 Å². The van der Waals surface area contributed by atoms with E-state index in [9.17, 15) is 4.39 Å². The van der Waals surface area contributed by atoms with Gasteiger partial charge in [-0.25, -0.2) is 4.39 Å². The second kappa shape index (κ2) is 8.42. The van der Waals surface area contributed by atoms with Crippen molar-refractivity contribution in [3.63, 3.8) is 0 Å². The maximum atomic E-state index is 12.9. The van der Waals surface area contributed by atoms with Gasteiger partial charge in [0.15, 0.2) is 0 Å². The van der Waals surface area contributed by atoms with Crippen LogP contribution >= 0.6 is 0 Å². The standard InChI is InChI=1S/C19H22FN/c20-19-13-11-18(12-14-19)17-9-7-16(8-10-17)6-4-2-1-3-5-15-21/h1-3,5,11-14,16-17H,4,6-10H2/t16-,17-. The number of nitriles is 1. The van der Waals surface area contributed by atoms with Gasteiger partial charge in [-0.3, -0.25) is 0 Å². The lowest BCUT2D eigenvalue weighted by molar-refractivity contribution is 0.312. The molecule has 110 valence electrons. The van der Waals surface area contributed by atoms with Crippen LogP contribution in [-0.2, 0) is 0 Å². The van der Waals surface area contributed by atoms with Gasteiger partial charge in [0.1, 0.15) is 5.82 Å². The summed E-state index contributed by atoms with van der Waals surface area (Å²) < 4.78 is 12.9. The third-order valence-corrected chi connectivity index (χ3v) is 4.35. The molecule has 0 aliphatic heterocycles. The molecule has 0 bridgehead atoms. The molecule has 2 heteroatoms. The fourth-order valence-electron chi connectivity index (χ4n) is 3.12. The lowest BCUT2D eigenvalue weighted by Crippen LogP contribution is -2.13. The third-order valence-electron chi connectivity index (χ3n) is 4.35. The summed E-state index contributed by atoms with van der Waals surface area (Å²) in [5.41, 5.74) is 1.29. The number of nitrogens with zero attached hydrogens (tertiary/aromatic N) is 1. The van der Waals surface area contributed by atoms with Crippen molar-refractivity contribution < 1.29 is 4.39 Å². The van der Waals surface area contributed by atoms with Crippen molar-refractivity contribution in [1.29, 1.82) is 5.26 Å². The van der Waals surface area contributed by atoms with Crippen LogP contribution in [0.2, 0.25) is 0 Å². The molecule has 0 unspecified atom stereocenters. The Balaban J connectivity index is 1.71. The van der Waals surface area contributed by atoms with Crippen molar-refractivity contribution in [3.8, 4) is 6.07 Å². The minimum Gasteiger partial charge on any atom is -0.207 e. The zero-order valence-corrected chi connectivity index (χ0v) is 12.3. The fourth-order valence-corrected chi connectivity index (χ4v) is 3.12. The second-order valence-corrected chi connectivity index (χ2v) is 5.76. The Kier molecular flexibility index (Phi) is 6.22. The van der Waals surface area contributed by atoms with Crippen molar-refractivity contribution in [2.45, 2.75) is 44.4 Å². The zero-order chi connectivity index (χ0) is 14.9. The van der Waals surface area contributed by atoms with Crippen LogP contribution < -0.4 is 0 Å². The van der Waals surface area contributed by atoms with Gasteiger partial charge in [0.25, 0.3) is 0 Å². The van der Waals surface area contributed by atoms with E-state index in [-0.39, 0.29) is 5.82 Å². The molecule has 1 aromatic rings. The van der Waals surface area contributed by atoms with E-state index in [4.69, 9.17) is 5.26 Å². The number of benzene rings is 1. The van der Waals surface area contributed by atoms with E-state index < -0.39 is 0 Å². The molecule has 1 fully saturated rings. The Hall–Kier alpha value is -1.88. The minimum atomic E-state index is -0.148. The van der Waals surface area contributed by atoms with E-state index in [1.165, 1.54) is 43.7 Å². The van der Waals surface area contributed by atoms with Gasteiger partial charge < -0.3 is 0 Å². The molecule has 0 atom stereocenters. The fraction of sp³-hybridized carbons (Fsp3) is 0.421. The molecule has 2 rings (SSSR count). The molecule has 0 amide bonds. The van der Waals surface area contributed by atoms with Crippen LogP contribution in [0.1, 0.15) is 50.0 Å². The van der Waals surface area contributed by atoms with Crippen LogP contribution in [-0.4, -0.2) is 0 Å². The molecule has 1 aliphatic rings. The first-order valence-electron chi connectivity index (χ1n) is 7.76. The van der Waals surface area contributed by atoms with Gasteiger partial charge in [0.2, 0.25) is 0 Å². The lowest BCUT2D eigenvalue weighted by Gasteiger charge is -2.28. The van der Waals surface area contributed by atoms with E-state index >= 15 is 0 Å². The first kappa shape index (κ1) is 15.5. The van der Waals surface area contributed by atoms with Gasteiger partial charge in [-0.15, -0.1) is 0 Å². The molecule has 0 aromatic heterocycles. The molecule has 0 spiro atoms. The summed E-state index contributed by atoms with van der Waals surface area (Å²) in [6.45, 7) is 0. The van der Waals surface area contributed by atoms with Gasteiger partial charge in [-0.05, 0) is 68.1 Å². The number of rotatable bonds is 5. The molecule has 0 heterocycles. The van der Waals surface area contributed by atoms with Crippen LogP contribution in [0, 0.1) is 23.1 Å². The molecule has 1 nitrogen and oxygen atoms in total. The van der Waals surface area contributed by atoms with E-state index in [0.717, 1.165) is 12.3 Å². The summed E-state index contributed by atoms with van der Waals surface area (Å²) in [7, 11) is 0. The molecular weight excluding hydrogens is 261 g/mol. The Labute approximate surface area is 126 Å². The molecule has 1 aliphatic carbocycles. The minimum absolute atomic E-state index is 0.148. The highest BCUT2D eigenvalue weighted by molar-refractivity contribution is 5.20. The SMILES string of the molecule is N#CC=CC=CCC[C@H]1CC[C@H](c2ccc(F)cc2)CC1. The first-order chi connectivity index (χ1) is 10.3. The van der Waals surface area contributed by atoms with Crippen LogP contribution in [0.25, 0.3) is 0 Å². The Bertz CT molecular complexity index is 513. The Morgan fingerprint density at radius 2 is 1.81 bits per heavy atom. The van der Waals surface area contributed by atoms with E-state index in [1.54, 1.807) is 18.2 Å². The van der Waals surface area contributed by atoms with Gasteiger partial charge >= 0.3 is 0 Å². The average Bonchev–Trinajstić information content (AvgIpc) is 2.52. The topological polar surface area (TPSA) is 23.8 Å². The third kappa shape index (κ3) is 5.19. The van der Waals surface area contributed by atoms with Crippen LogP contribution in [0.5, 0.6) is 0 Å². The maximum absolute atomic E-state index is 12.9. The molecular formula is C19H22FN. The molecule has 0 saturated heterocycles. The van der Waals surface area contributed by atoms with Crippen molar-refractivity contribution >= 4 is 0 Å². The van der Waals surface area contributed by atoms with E-state index in [1.807, 2.05) is 24.3 Å². The Morgan fingerprint density at radius 3 is 2.48 bits per heavy atom. The van der Waals surface area contributed by atoms with Crippen molar-refractivity contribution in [2.24, 2.45) is 5.92 Å². The van der Waals surface area contributed by atoms with Gasteiger partial charge in [0, 0.05) is 6.08 Å². The highest BCUT2D eigenvalue weighted by atomic mass is 19.1. The normalized spacial score (nSPS) is 22.7. The van der Waals surface area contributed by atoms with Crippen LogP contribution in [0.4, 0.5) is 4.39 Å². The summed E-state index contributed by atoms with van der Waals surface area (Å²) >= 11 is 0. The predicted molar refractivity (Wildman–Crippen MR) is 84.2 cm³/mol. The van der Waals surface area contributed by atoms with Gasteiger partial charge in [0.05, 0.1) is 6.07 Å². The van der Waals surface area contributed by atoms with E-state index in [0.29, 0.717) is 5.92 Å². The molecule has 1 saturated carbocycles. The number of hydrogen-bond acceptors (Lipinski definition) is 1. The smallest absolute Gasteiger partial charge is 0.123 e. The van der Waals surface area contributed by atoms with Crippen molar-refractivity contribution in [2.75, 3.05) is 0 Å². The predicted octanol–water partition coefficient (Wildman–Crippen LogP) is 5.52. The van der Waals surface area contributed by atoms with Crippen molar-refractivity contribution in [3.05, 3.63) is 60.0 Å². The summed E-state index contributed by atoms with van der Waals surface area (Å²) in [6.07, 6.45) is 14.6. The number of allylic oxidation sites excluding steroid dienone is 4. The molecule has 21 heavy (non-hydrogen) atoms. The quantitative estimate of drug-likeness (QED) is 0.516. The monoisotopic (exact) mass is 283 g/mol. The second-order valence-electron chi connectivity index (χ2n) is 5.76.